The minimum Gasteiger partial charge on any atom is -0.458 e. The molecule has 144 valence electrons. The smallest absolute Gasteiger partial charge is 0.331 e. The van der Waals surface area contributed by atoms with E-state index < -0.39 is 5.97 Å². The fourth-order valence-corrected chi connectivity index (χ4v) is 2.97. The largest absolute Gasteiger partial charge is 0.458 e. The van der Waals surface area contributed by atoms with Crippen molar-refractivity contribution in [3.63, 3.8) is 0 Å². The van der Waals surface area contributed by atoms with Crippen molar-refractivity contribution < 1.29 is 14.3 Å². The van der Waals surface area contributed by atoms with Crippen LogP contribution in [0, 0.1) is 0 Å². The lowest BCUT2D eigenvalue weighted by Crippen LogP contribution is -2.07. The molecule has 3 rings (SSSR count). The van der Waals surface area contributed by atoms with Crippen LogP contribution in [0.15, 0.2) is 66.8 Å². The zero-order valence-corrected chi connectivity index (χ0v) is 15.8. The van der Waals surface area contributed by atoms with Gasteiger partial charge in [0.15, 0.2) is 0 Å². The molecule has 5 heteroatoms. The first-order valence-electron chi connectivity index (χ1n) is 9.05. The van der Waals surface area contributed by atoms with E-state index in [2.05, 4.69) is 18.2 Å². The first-order valence-corrected chi connectivity index (χ1v) is 9.05. The highest BCUT2D eigenvalue weighted by Gasteiger charge is 2.08. The van der Waals surface area contributed by atoms with Gasteiger partial charge in [-0.05, 0) is 53.0 Å². The third kappa shape index (κ3) is 5.34. The molecule has 0 spiro atoms. The topological polar surface area (TPSA) is 87.6 Å². The fraction of sp³-hybridized carbons (Fsp3) is 0.174. The predicted molar refractivity (Wildman–Crippen MR) is 113 cm³/mol. The lowest BCUT2D eigenvalue weighted by atomic mass is 9.97. The molecule has 1 aliphatic carbocycles. The van der Waals surface area contributed by atoms with Crippen LogP contribution in [0.4, 0.5) is 11.4 Å². The van der Waals surface area contributed by atoms with Crippen LogP contribution in [0.2, 0.25) is 0 Å². The number of esters is 1. The molecule has 5 nitrogen and oxygen atoms in total. The summed E-state index contributed by atoms with van der Waals surface area (Å²) in [4.78, 5) is 11.9. The van der Waals surface area contributed by atoms with Crippen molar-refractivity contribution in [1.29, 1.82) is 0 Å². The number of nitrogen functional groups attached to an aromatic ring is 2. The second-order valence-corrected chi connectivity index (χ2v) is 6.60. The highest BCUT2D eigenvalue weighted by atomic mass is 16.5. The van der Waals surface area contributed by atoms with Crippen LogP contribution >= 0.6 is 0 Å². The van der Waals surface area contributed by atoms with Gasteiger partial charge in [-0.1, -0.05) is 42.5 Å². The summed E-state index contributed by atoms with van der Waals surface area (Å²) in [6.45, 7) is 0.125. The van der Waals surface area contributed by atoms with Crippen molar-refractivity contribution in [3.8, 4) is 0 Å². The molecule has 1 aliphatic rings. The maximum Gasteiger partial charge on any atom is 0.331 e. The normalized spacial score (nSPS) is 16.2. The SMILES string of the molecule is COC1C=CC(c2ccc(/C=C/C(=O)OCc3cc(N)cc(N)c3)cc2)=CC1. The number of nitrogens with two attached hydrogens (primary N) is 2. The van der Waals surface area contributed by atoms with Crippen LogP contribution in [-0.4, -0.2) is 19.2 Å². The van der Waals surface area contributed by atoms with E-state index >= 15 is 0 Å². The predicted octanol–water partition coefficient (Wildman–Crippen LogP) is 3.97. The number of methoxy groups -OCH3 is 1. The number of rotatable bonds is 6. The van der Waals surface area contributed by atoms with Crippen molar-refractivity contribution in [2.75, 3.05) is 18.6 Å². The molecule has 2 aromatic rings. The molecule has 1 atom stereocenters. The van der Waals surface area contributed by atoms with Crippen molar-refractivity contribution in [2.45, 2.75) is 19.1 Å². The Morgan fingerprint density at radius 3 is 2.46 bits per heavy atom. The van der Waals surface area contributed by atoms with E-state index in [-0.39, 0.29) is 12.7 Å². The first kappa shape index (κ1) is 19.5. The van der Waals surface area contributed by atoms with Gasteiger partial charge in [0, 0.05) is 24.6 Å². The van der Waals surface area contributed by atoms with Crippen molar-refractivity contribution >= 4 is 29.0 Å². The average molecular weight is 376 g/mol. The monoisotopic (exact) mass is 376 g/mol. The molecule has 1 unspecified atom stereocenters. The van der Waals surface area contributed by atoms with Gasteiger partial charge in [0.05, 0.1) is 6.10 Å². The number of hydrogen-bond acceptors (Lipinski definition) is 5. The van der Waals surface area contributed by atoms with Gasteiger partial charge in [-0.25, -0.2) is 4.79 Å². The van der Waals surface area contributed by atoms with Crippen LogP contribution in [0.1, 0.15) is 23.1 Å². The van der Waals surface area contributed by atoms with E-state index in [1.54, 1.807) is 31.4 Å². The Morgan fingerprint density at radius 2 is 1.86 bits per heavy atom. The number of benzene rings is 2. The van der Waals surface area contributed by atoms with Gasteiger partial charge in [-0.15, -0.1) is 0 Å². The number of carbonyl (C=O) groups excluding carboxylic acids is 1. The maximum absolute atomic E-state index is 11.9. The Morgan fingerprint density at radius 1 is 1.14 bits per heavy atom. The van der Waals surface area contributed by atoms with E-state index in [4.69, 9.17) is 20.9 Å². The van der Waals surface area contributed by atoms with Gasteiger partial charge in [-0.3, -0.25) is 0 Å². The summed E-state index contributed by atoms with van der Waals surface area (Å²) in [6, 6.07) is 13.1. The van der Waals surface area contributed by atoms with Crippen LogP contribution < -0.4 is 11.5 Å². The van der Waals surface area contributed by atoms with E-state index in [1.165, 1.54) is 11.6 Å². The number of hydrogen-bond donors (Lipinski definition) is 2. The molecule has 0 aromatic heterocycles. The van der Waals surface area contributed by atoms with Crippen molar-refractivity contribution in [1.82, 2.24) is 0 Å². The van der Waals surface area contributed by atoms with Gasteiger partial charge >= 0.3 is 5.97 Å². The highest BCUT2D eigenvalue weighted by Crippen LogP contribution is 2.23. The number of carbonyl (C=O) groups is 1. The van der Waals surface area contributed by atoms with Crippen LogP contribution in [0.3, 0.4) is 0 Å². The Labute approximate surface area is 164 Å². The van der Waals surface area contributed by atoms with E-state index in [9.17, 15) is 4.79 Å². The van der Waals surface area contributed by atoms with E-state index in [0.29, 0.717) is 11.4 Å². The summed E-state index contributed by atoms with van der Waals surface area (Å²) in [5.41, 5.74) is 16.5. The van der Waals surface area contributed by atoms with Gasteiger partial charge in [0.1, 0.15) is 6.61 Å². The molecule has 0 bridgehead atoms. The standard InChI is InChI=1S/C23H24N2O3/c1-27-22-9-7-19(8-10-22)18-5-2-16(3-6-18)4-11-23(26)28-15-17-12-20(24)14-21(25)13-17/h2-9,11-14,22H,10,15,24-25H2,1H3/b11-4+. The second-order valence-electron chi connectivity index (χ2n) is 6.60. The van der Waals surface area contributed by atoms with E-state index in [1.807, 2.05) is 24.3 Å². The number of anilines is 2. The Bertz CT molecular complexity index is 907. The molecule has 4 N–H and O–H groups in total. The maximum atomic E-state index is 11.9. The molecule has 28 heavy (non-hydrogen) atoms. The first-order chi connectivity index (χ1) is 13.5. The third-order valence-corrected chi connectivity index (χ3v) is 4.44. The Kier molecular flexibility index (Phi) is 6.29. The summed E-state index contributed by atoms with van der Waals surface area (Å²) in [5, 5.41) is 0. The molecular weight excluding hydrogens is 352 g/mol. The highest BCUT2D eigenvalue weighted by molar-refractivity contribution is 5.87. The van der Waals surface area contributed by atoms with Gasteiger partial charge in [0.2, 0.25) is 0 Å². The average Bonchev–Trinajstić information content (AvgIpc) is 2.70. The van der Waals surface area contributed by atoms with Crippen LogP contribution in [0.5, 0.6) is 0 Å². The third-order valence-electron chi connectivity index (χ3n) is 4.44. The van der Waals surface area contributed by atoms with Crippen molar-refractivity contribution in [2.24, 2.45) is 0 Å². The molecule has 0 fully saturated rings. The summed E-state index contributed by atoms with van der Waals surface area (Å²) in [6.07, 6.45) is 10.5. The van der Waals surface area contributed by atoms with E-state index in [0.717, 1.165) is 23.1 Å². The van der Waals surface area contributed by atoms with Crippen molar-refractivity contribution in [3.05, 3.63) is 83.5 Å². The molecule has 0 aliphatic heterocycles. The summed E-state index contributed by atoms with van der Waals surface area (Å²) >= 11 is 0. The van der Waals surface area contributed by atoms with Crippen LogP contribution in [-0.2, 0) is 20.9 Å². The summed E-state index contributed by atoms with van der Waals surface area (Å²) < 4.78 is 10.5. The molecule has 2 aromatic carbocycles. The minimum absolute atomic E-state index is 0.125. The number of ether oxygens (including phenoxy) is 2. The number of allylic oxidation sites excluding steroid dienone is 2. The lowest BCUT2D eigenvalue weighted by molar-refractivity contribution is -0.138. The van der Waals surface area contributed by atoms with Gasteiger partial charge in [-0.2, -0.15) is 0 Å². The second kappa shape index (κ2) is 9.06. The van der Waals surface area contributed by atoms with Gasteiger partial charge < -0.3 is 20.9 Å². The van der Waals surface area contributed by atoms with Gasteiger partial charge in [0.25, 0.3) is 0 Å². The molecular formula is C23H24N2O3. The zero-order valence-electron chi connectivity index (χ0n) is 15.8. The Balaban J connectivity index is 1.54. The van der Waals surface area contributed by atoms with Crippen LogP contribution in [0.25, 0.3) is 11.6 Å². The Hall–Kier alpha value is -3.31. The molecule has 0 heterocycles. The quantitative estimate of drug-likeness (QED) is 0.452. The molecule has 0 saturated heterocycles. The lowest BCUT2D eigenvalue weighted by Gasteiger charge is -2.14. The zero-order chi connectivity index (χ0) is 19.9. The fourth-order valence-electron chi connectivity index (χ4n) is 2.97. The minimum atomic E-state index is -0.423. The summed E-state index contributed by atoms with van der Waals surface area (Å²) in [7, 11) is 1.71. The molecule has 0 amide bonds. The molecule has 0 saturated carbocycles. The molecule has 0 radical (unpaired) electrons. The summed E-state index contributed by atoms with van der Waals surface area (Å²) in [5.74, 6) is -0.423.